The van der Waals surface area contributed by atoms with Gasteiger partial charge in [0.25, 0.3) is 0 Å². The first kappa shape index (κ1) is 43.0. The van der Waals surface area contributed by atoms with Crippen LogP contribution in [0, 0.1) is 17.8 Å². The number of aliphatic hydroxyl groups is 1. The average Bonchev–Trinajstić information content (AvgIpc) is 3.06. The molecule has 0 saturated carbocycles. The summed E-state index contributed by atoms with van der Waals surface area (Å²) in [7, 11) is 0. The number of ether oxygens (including phenoxy) is 1. The first-order valence-corrected chi connectivity index (χ1v) is 17.4. The number of halogens is 3. The van der Waals surface area contributed by atoms with E-state index in [2.05, 4.69) is 26.0 Å². The molecule has 0 bridgehead atoms. The minimum atomic E-state index is -4.89. The van der Waals surface area contributed by atoms with Gasteiger partial charge in [0.15, 0.2) is 0 Å². The minimum absolute atomic E-state index is 0.0314. The zero-order chi connectivity index (χ0) is 38.3. The topological polar surface area (TPSA) is 172 Å². The highest BCUT2D eigenvalue weighted by atomic mass is 19.4. The Morgan fingerprint density at radius 1 is 0.765 bits per heavy atom. The molecule has 0 spiro atoms. The molecule has 0 saturated heterocycles. The van der Waals surface area contributed by atoms with Gasteiger partial charge in [0.2, 0.25) is 23.6 Å². The summed E-state index contributed by atoms with van der Waals surface area (Å²) in [5.74, 6) is -3.10. The van der Waals surface area contributed by atoms with E-state index < -0.39 is 65.9 Å². The second-order valence-corrected chi connectivity index (χ2v) is 13.4. The second kappa shape index (κ2) is 20.6. The molecule has 4 unspecified atom stereocenters. The Hall–Kier alpha value is -4.17. The van der Waals surface area contributed by atoms with E-state index in [1.165, 1.54) is 12.1 Å². The summed E-state index contributed by atoms with van der Waals surface area (Å²) in [6.07, 6.45) is -4.06. The number of benzene rings is 2. The van der Waals surface area contributed by atoms with Crippen LogP contribution in [-0.2, 0) is 32.0 Å². The van der Waals surface area contributed by atoms with E-state index in [0.29, 0.717) is 12.8 Å². The smallest absolute Gasteiger partial charge is 0.406 e. The summed E-state index contributed by atoms with van der Waals surface area (Å²) in [4.78, 5) is 53.5. The molecule has 7 atom stereocenters. The van der Waals surface area contributed by atoms with Crippen LogP contribution < -0.4 is 31.7 Å². The molecule has 4 amide bonds. The number of carbonyl (C=O) groups is 4. The Morgan fingerprint density at radius 3 is 1.80 bits per heavy atom. The molecule has 11 nitrogen and oxygen atoms in total. The third-order valence-corrected chi connectivity index (χ3v) is 9.01. The lowest BCUT2D eigenvalue weighted by atomic mass is 9.93. The molecular weight excluding hydrogens is 667 g/mol. The number of alkyl halides is 3. The number of nitrogens with one attached hydrogen (secondary N) is 4. The normalized spacial score (nSPS) is 15.8. The van der Waals surface area contributed by atoms with E-state index in [1.807, 2.05) is 65.0 Å². The zero-order valence-electron chi connectivity index (χ0n) is 30.3. The first-order valence-electron chi connectivity index (χ1n) is 17.4. The molecular formula is C37H54F3N5O6. The molecule has 2 aromatic rings. The van der Waals surface area contributed by atoms with Crippen molar-refractivity contribution in [3.8, 4) is 5.75 Å². The van der Waals surface area contributed by atoms with Gasteiger partial charge in [-0.15, -0.1) is 13.2 Å². The molecule has 0 fully saturated rings. The number of hydrogen-bond acceptors (Lipinski definition) is 7. The fourth-order valence-corrected chi connectivity index (χ4v) is 5.40. The molecule has 0 aliphatic rings. The summed E-state index contributed by atoms with van der Waals surface area (Å²) >= 11 is 0. The number of nitrogens with two attached hydrogens (primary N) is 1. The molecule has 2 aromatic carbocycles. The van der Waals surface area contributed by atoms with E-state index in [1.54, 1.807) is 6.92 Å². The van der Waals surface area contributed by atoms with Crippen LogP contribution in [0.15, 0.2) is 54.6 Å². The van der Waals surface area contributed by atoms with Gasteiger partial charge in [0, 0.05) is 18.5 Å². The van der Waals surface area contributed by atoms with Gasteiger partial charge in [-0.1, -0.05) is 96.8 Å². The van der Waals surface area contributed by atoms with Crippen molar-refractivity contribution in [1.82, 2.24) is 21.3 Å². The number of hydrogen-bond donors (Lipinski definition) is 6. The van der Waals surface area contributed by atoms with Crippen LogP contribution in [0.3, 0.4) is 0 Å². The predicted octanol–water partition coefficient (Wildman–Crippen LogP) is 3.77. The van der Waals surface area contributed by atoms with Crippen LogP contribution >= 0.6 is 0 Å². The van der Waals surface area contributed by atoms with Crippen LogP contribution in [0.5, 0.6) is 5.75 Å². The lowest BCUT2D eigenvalue weighted by Gasteiger charge is -2.31. The van der Waals surface area contributed by atoms with Crippen molar-refractivity contribution in [3.63, 3.8) is 0 Å². The molecule has 14 heteroatoms. The Bertz CT molecular complexity index is 1410. The van der Waals surface area contributed by atoms with Crippen molar-refractivity contribution >= 4 is 23.6 Å². The molecule has 284 valence electrons. The Balaban J connectivity index is 2.24. The fraction of sp³-hybridized carbons (Fsp3) is 0.568. The SMILES string of the molecule is CC[C@H](C)C(NC(=O)CC(N)C(Cc1ccccc1)NC(=O)[C@@H](NC(=O)Cc1cccc(OC(F)(F)F)c1)[C@@H](C)CC)C(=O)NC(CO)C(C)C. The van der Waals surface area contributed by atoms with Crippen LogP contribution in [0.2, 0.25) is 0 Å². The van der Waals surface area contributed by atoms with Gasteiger partial charge in [0.1, 0.15) is 17.8 Å². The number of rotatable bonds is 20. The molecule has 51 heavy (non-hydrogen) atoms. The minimum Gasteiger partial charge on any atom is -0.406 e. The zero-order valence-corrected chi connectivity index (χ0v) is 30.3. The van der Waals surface area contributed by atoms with E-state index in [-0.39, 0.29) is 49.2 Å². The van der Waals surface area contributed by atoms with Crippen molar-refractivity contribution in [3.05, 3.63) is 65.7 Å². The largest absolute Gasteiger partial charge is 0.573 e. The maximum atomic E-state index is 13.8. The van der Waals surface area contributed by atoms with Crippen molar-refractivity contribution in [1.29, 1.82) is 0 Å². The van der Waals surface area contributed by atoms with Crippen molar-refractivity contribution in [2.75, 3.05) is 6.61 Å². The van der Waals surface area contributed by atoms with Crippen LogP contribution in [0.1, 0.15) is 71.9 Å². The van der Waals surface area contributed by atoms with Gasteiger partial charge in [0.05, 0.1) is 19.1 Å². The molecule has 7 N–H and O–H groups in total. The van der Waals surface area contributed by atoms with Crippen molar-refractivity contribution in [2.24, 2.45) is 23.5 Å². The number of aliphatic hydroxyl groups excluding tert-OH is 1. The highest BCUT2D eigenvalue weighted by molar-refractivity contribution is 5.90. The molecule has 2 rings (SSSR count). The van der Waals surface area contributed by atoms with Gasteiger partial charge in [-0.2, -0.15) is 0 Å². The Labute approximate surface area is 298 Å². The second-order valence-electron chi connectivity index (χ2n) is 13.4. The lowest BCUT2D eigenvalue weighted by Crippen LogP contribution is -2.58. The van der Waals surface area contributed by atoms with Gasteiger partial charge in [-0.3, -0.25) is 19.2 Å². The number of carbonyl (C=O) groups excluding carboxylic acids is 4. The molecule has 0 heterocycles. The first-order chi connectivity index (χ1) is 24.0. The standard InChI is InChI=1S/C37H54F3N5O6/c1-7-23(5)33(44-31(47)19-26-15-12-16-27(17-26)51-37(38,39)40)35(49)42-29(18-25-13-10-9-11-14-25)28(41)20-32(48)45-34(24(6)8-2)36(50)43-30(21-46)22(3)4/h9-17,22-24,28-30,33-34,46H,7-8,18-21,41H2,1-6H3,(H,42,49)(H,43,50)(H,44,47)(H,45,48)/t23-,24-,28?,29?,30?,33-,34?/m0/s1. The maximum absolute atomic E-state index is 13.8. The highest BCUT2D eigenvalue weighted by Crippen LogP contribution is 2.23. The summed E-state index contributed by atoms with van der Waals surface area (Å²) < 4.78 is 42.1. The van der Waals surface area contributed by atoms with Crippen molar-refractivity contribution in [2.45, 2.75) is 110 Å². The van der Waals surface area contributed by atoms with E-state index in [9.17, 15) is 37.5 Å². The lowest BCUT2D eigenvalue weighted by molar-refractivity contribution is -0.274. The molecule has 0 aliphatic heterocycles. The predicted molar refractivity (Wildman–Crippen MR) is 188 cm³/mol. The Kier molecular flexibility index (Phi) is 17.4. The molecule has 0 aromatic heterocycles. The van der Waals surface area contributed by atoms with E-state index in [4.69, 9.17) is 5.73 Å². The monoisotopic (exact) mass is 721 g/mol. The summed E-state index contributed by atoms with van der Waals surface area (Å²) in [5, 5.41) is 21.0. The quantitative estimate of drug-likeness (QED) is 0.121. The summed E-state index contributed by atoms with van der Waals surface area (Å²) in [6.45, 7) is 10.8. The fourth-order valence-electron chi connectivity index (χ4n) is 5.40. The van der Waals surface area contributed by atoms with Gasteiger partial charge < -0.3 is 36.8 Å². The van der Waals surface area contributed by atoms with E-state index in [0.717, 1.165) is 17.7 Å². The maximum Gasteiger partial charge on any atom is 0.573 e. The highest BCUT2D eigenvalue weighted by Gasteiger charge is 2.33. The average molecular weight is 722 g/mol. The van der Waals surface area contributed by atoms with Gasteiger partial charge >= 0.3 is 6.36 Å². The third kappa shape index (κ3) is 14.9. The van der Waals surface area contributed by atoms with Crippen molar-refractivity contribution < 1.29 is 42.2 Å². The molecule has 0 aliphatic carbocycles. The third-order valence-electron chi connectivity index (χ3n) is 9.01. The Morgan fingerprint density at radius 2 is 1.29 bits per heavy atom. The number of amides is 4. The van der Waals surface area contributed by atoms with Gasteiger partial charge in [-0.25, -0.2) is 0 Å². The molecule has 0 radical (unpaired) electrons. The van der Waals surface area contributed by atoms with Gasteiger partial charge in [-0.05, 0) is 47.4 Å². The van der Waals surface area contributed by atoms with E-state index >= 15 is 0 Å². The van der Waals surface area contributed by atoms with Crippen LogP contribution in [0.4, 0.5) is 13.2 Å². The van der Waals surface area contributed by atoms with Crippen LogP contribution in [0.25, 0.3) is 0 Å². The summed E-state index contributed by atoms with van der Waals surface area (Å²) in [6, 6.07) is 10.2. The summed E-state index contributed by atoms with van der Waals surface area (Å²) in [5.41, 5.74) is 7.69. The van der Waals surface area contributed by atoms with Crippen LogP contribution in [-0.4, -0.2) is 71.9 Å².